The zero-order valence-electron chi connectivity index (χ0n) is 14.2. The van der Waals surface area contributed by atoms with Crippen molar-refractivity contribution in [3.05, 3.63) is 58.0 Å². The Bertz CT molecular complexity index is 809. The van der Waals surface area contributed by atoms with E-state index in [1.807, 2.05) is 30.3 Å². The number of nitrogens with two attached hydrogens (primary N) is 1. The number of anilines is 1. The van der Waals surface area contributed by atoms with Gasteiger partial charge in [-0.25, -0.2) is 0 Å². The second-order valence-electron chi connectivity index (χ2n) is 6.32. The van der Waals surface area contributed by atoms with E-state index in [2.05, 4.69) is 12.2 Å². The highest BCUT2D eigenvalue weighted by atomic mass is 32.1. The minimum atomic E-state index is -0.463. The molecule has 5 heteroatoms. The molecule has 1 aliphatic carbocycles. The monoisotopic (exact) mass is 354 g/mol. The number of fused-ring (bicyclic) bond motifs is 1. The van der Waals surface area contributed by atoms with Crippen LogP contribution in [-0.2, 0) is 17.6 Å². The number of amides is 2. The first-order chi connectivity index (χ1) is 12.1. The van der Waals surface area contributed by atoms with E-state index in [0.717, 1.165) is 36.8 Å². The second-order valence-corrected chi connectivity index (χ2v) is 7.43. The molecule has 1 atom stereocenters. The fourth-order valence-electron chi connectivity index (χ4n) is 3.24. The summed E-state index contributed by atoms with van der Waals surface area (Å²) in [7, 11) is 0. The summed E-state index contributed by atoms with van der Waals surface area (Å²) in [5.74, 6) is -0.0693. The highest BCUT2D eigenvalue weighted by Crippen LogP contribution is 2.40. The number of benzene rings is 1. The lowest BCUT2D eigenvalue weighted by Crippen LogP contribution is -2.19. The zero-order chi connectivity index (χ0) is 17.8. The lowest BCUT2D eigenvalue weighted by atomic mass is 9.85. The maximum Gasteiger partial charge on any atom is 0.251 e. The Morgan fingerprint density at radius 2 is 2.08 bits per heavy atom. The van der Waals surface area contributed by atoms with E-state index in [1.54, 1.807) is 6.08 Å². The number of rotatable bonds is 5. The third-order valence-electron chi connectivity index (χ3n) is 4.65. The van der Waals surface area contributed by atoms with Gasteiger partial charge in [0.25, 0.3) is 5.91 Å². The minimum absolute atomic E-state index is 0.253. The van der Waals surface area contributed by atoms with Crippen molar-refractivity contribution in [3.8, 4) is 0 Å². The van der Waals surface area contributed by atoms with Crippen LogP contribution in [0.5, 0.6) is 0 Å². The molecule has 130 valence electrons. The smallest absolute Gasteiger partial charge is 0.251 e. The highest BCUT2D eigenvalue weighted by Gasteiger charge is 2.27. The molecule has 0 fully saturated rings. The maximum absolute atomic E-state index is 12.3. The number of carbonyl (C=O) groups is 2. The van der Waals surface area contributed by atoms with Crippen LogP contribution in [0.4, 0.5) is 5.00 Å². The van der Waals surface area contributed by atoms with Gasteiger partial charge in [-0.05, 0) is 42.4 Å². The average molecular weight is 354 g/mol. The summed E-state index contributed by atoms with van der Waals surface area (Å²) in [5, 5.41) is 3.42. The van der Waals surface area contributed by atoms with Gasteiger partial charge in [0.1, 0.15) is 5.00 Å². The minimum Gasteiger partial charge on any atom is -0.365 e. The van der Waals surface area contributed by atoms with Crippen LogP contribution in [0.15, 0.2) is 36.4 Å². The van der Waals surface area contributed by atoms with E-state index < -0.39 is 5.91 Å². The first-order valence-electron chi connectivity index (χ1n) is 8.57. The van der Waals surface area contributed by atoms with Gasteiger partial charge in [-0.1, -0.05) is 43.7 Å². The average Bonchev–Trinajstić information content (AvgIpc) is 2.97. The molecule has 1 aliphatic rings. The van der Waals surface area contributed by atoms with Gasteiger partial charge in [-0.15, -0.1) is 11.3 Å². The van der Waals surface area contributed by atoms with Crippen molar-refractivity contribution in [2.45, 2.75) is 32.6 Å². The molecule has 3 N–H and O–H groups in total. The predicted octanol–water partition coefficient (Wildman–Crippen LogP) is 4.01. The van der Waals surface area contributed by atoms with Gasteiger partial charge in [-0.3, -0.25) is 9.59 Å². The van der Waals surface area contributed by atoms with Crippen LogP contribution in [0, 0.1) is 5.92 Å². The Labute approximate surface area is 151 Å². The van der Waals surface area contributed by atoms with E-state index in [9.17, 15) is 9.59 Å². The summed E-state index contributed by atoms with van der Waals surface area (Å²) in [6, 6.07) is 9.61. The van der Waals surface area contributed by atoms with Crippen molar-refractivity contribution in [1.29, 1.82) is 0 Å². The van der Waals surface area contributed by atoms with Gasteiger partial charge in [0.2, 0.25) is 5.91 Å². The molecule has 0 saturated carbocycles. The standard InChI is InChI=1S/C20H22N2O2S/c1-2-13-8-10-15-16(12-13)25-20(18(15)19(21)24)22-17(23)11-9-14-6-4-3-5-7-14/h3-7,9,11,13H,2,8,10,12H2,1H3,(H2,21,24)(H,22,23)/b11-9+. The summed E-state index contributed by atoms with van der Waals surface area (Å²) in [5.41, 5.74) is 8.07. The fourth-order valence-corrected chi connectivity index (χ4v) is 4.61. The van der Waals surface area contributed by atoms with Gasteiger partial charge >= 0.3 is 0 Å². The van der Waals surface area contributed by atoms with Crippen molar-refractivity contribution >= 4 is 34.2 Å². The van der Waals surface area contributed by atoms with Gasteiger partial charge in [0, 0.05) is 11.0 Å². The van der Waals surface area contributed by atoms with Crippen LogP contribution in [0.1, 0.15) is 46.1 Å². The summed E-state index contributed by atoms with van der Waals surface area (Å²) in [4.78, 5) is 25.4. The van der Waals surface area contributed by atoms with Crippen molar-refractivity contribution in [1.82, 2.24) is 0 Å². The van der Waals surface area contributed by atoms with Gasteiger partial charge < -0.3 is 11.1 Å². The Morgan fingerprint density at radius 1 is 1.32 bits per heavy atom. The molecule has 2 aromatic rings. The molecule has 0 saturated heterocycles. The Hall–Kier alpha value is -2.40. The molecule has 25 heavy (non-hydrogen) atoms. The maximum atomic E-state index is 12.3. The highest BCUT2D eigenvalue weighted by molar-refractivity contribution is 7.17. The number of nitrogens with one attached hydrogen (secondary N) is 1. The third-order valence-corrected chi connectivity index (χ3v) is 5.82. The molecule has 3 rings (SSSR count). The first-order valence-corrected chi connectivity index (χ1v) is 9.38. The lowest BCUT2D eigenvalue weighted by Gasteiger charge is -2.20. The van der Waals surface area contributed by atoms with Gasteiger partial charge in [0.15, 0.2) is 0 Å². The SMILES string of the molecule is CCC1CCc2c(sc(NC(=O)/C=C/c3ccccc3)c2C(N)=O)C1. The Kier molecular flexibility index (Phi) is 5.34. The molecule has 1 heterocycles. The van der Waals surface area contributed by atoms with E-state index in [0.29, 0.717) is 16.5 Å². The van der Waals surface area contributed by atoms with Crippen LogP contribution in [-0.4, -0.2) is 11.8 Å². The number of carbonyl (C=O) groups excluding carboxylic acids is 2. The number of thiophene rings is 1. The molecule has 0 aliphatic heterocycles. The lowest BCUT2D eigenvalue weighted by molar-refractivity contribution is -0.111. The molecular formula is C20H22N2O2S. The number of primary amides is 1. The molecule has 1 aromatic carbocycles. The van der Waals surface area contributed by atoms with Crippen LogP contribution >= 0.6 is 11.3 Å². The normalized spacial score (nSPS) is 16.6. The van der Waals surface area contributed by atoms with Crippen LogP contribution in [0.3, 0.4) is 0 Å². The fraction of sp³-hybridized carbons (Fsp3) is 0.300. The summed E-state index contributed by atoms with van der Waals surface area (Å²) in [6.07, 6.45) is 7.25. The third kappa shape index (κ3) is 3.99. The topological polar surface area (TPSA) is 72.2 Å². The number of hydrogen-bond acceptors (Lipinski definition) is 3. The summed E-state index contributed by atoms with van der Waals surface area (Å²) < 4.78 is 0. The summed E-state index contributed by atoms with van der Waals surface area (Å²) in [6.45, 7) is 2.19. The molecule has 2 amide bonds. The zero-order valence-corrected chi connectivity index (χ0v) is 15.1. The van der Waals surface area contributed by atoms with E-state index in [4.69, 9.17) is 5.73 Å². The Morgan fingerprint density at radius 3 is 2.76 bits per heavy atom. The van der Waals surface area contributed by atoms with Gasteiger partial charge in [-0.2, -0.15) is 0 Å². The largest absolute Gasteiger partial charge is 0.365 e. The van der Waals surface area contributed by atoms with Crippen molar-refractivity contribution in [3.63, 3.8) is 0 Å². The van der Waals surface area contributed by atoms with Crippen molar-refractivity contribution < 1.29 is 9.59 Å². The van der Waals surface area contributed by atoms with Gasteiger partial charge in [0.05, 0.1) is 5.56 Å². The molecule has 1 unspecified atom stereocenters. The van der Waals surface area contributed by atoms with Crippen LogP contribution in [0.2, 0.25) is 0 Å². The van der Waals surface area contributed by atoms with E-state index in [-0.39, 0.29) is 5.91 Å². The first kappa shape index (κ1) is 17.4. The molecule has 1 aromatic heterocycles. The number of hydrogen-bond donors (Lipinski definition) is 2. The van der Waals surface area contributed by atoms with Crippen molar-refractivity contribution in [2.24, 2.45) is 11.7 Å². The van der Waals surface area contributed by atoms with Crippen LogP contribution < -0.4 is 11.1 Å². The van der Waals surface area contributed by atoms with Crippen molar-refractivity contribution in [2.75, 3.05) is 5.32 Å². The molecular weight excluding hydrogens is 332 g/mol. The Balaban J connectivity index is 1.80. The summed E-state index contributed by atoms with van der Waals surface area (Å²) >= 11 is 1.49. The van der Waals surface area contributed by atoms with Crippen LogP contribution in [0.25, 0.3) is 6.08 Å². The quantitative estimate of drug-likeness (QED) is 0.796. The molecule has 0 spiro atoms. The molecule has 0 radical (unpaired) electrons. The van der Waals surface area contributed by atoms with E-state index >= 15 is 0 Å². The second kappa shape index (κ2) is 7.66. The predicted molar refractivity (Wildman–Crippen MR) is 103 cm³/mol. The van der Waals surface area contributed by atoms with E-state index in [1.165, 1.54) is 22.3 Å². The molecule has 4 nitrogen and oxygen atoms in total. The molecule has 0 bridgehead atoms.